The van der Waals surface area contributed by atoms with Gasteiger partial charge in [0.1, 0.15) is 12.4 Å². The average molecular weight is 486 g/mol. The molecule has 176 valence electrons. The summed E-state index contributed by atoms with van der Waals surface area (Å²) in [6, 6.07) is 26.5. The van der Waals surface area contributed by atoms with E-state index in [1.807, 2.05) is 7.05 Å². The van der Waals surface area contributed by atoms with Crippen molar-refractivity contribution >= 4 is 41.9 Å². The Labute approximate surface area is 209 Å². The zero-order valence-electron chi connectivity index (χ0n) is 19.1. The molecule has 1 fully saturated rings. The monoisotopic (exact) mass is 485 g/mol. The zero-order valence-corrected chi connectivity index (χ0v) is 20.7. The highest BCUT2D eigenvalue weighted by atomic mass is 35.5. The first kappa shape index (κ1) is 25.2. The highest BCUT2D eigenvalue weighted by Gasteiger charge is 2.29. The molecule has 3 aromatic carbocycles. The minimum absolute atomic E-state index is 0. The SMILES string of the molecule is CNc1cccc(CCN2CCC[C@@H]2CN2c3ccccc3COc3ccccc32)c1.Cl.Cl. The van der Waals surface area contributed by atoms with Crippen LogP contribution in [0, 0.1) is 0 Å². The smallest absolute Gasteiger partial charge is 0.143 e. The van der Waals surface area contributed by atoms with Crippen molar-refractivity contribution in [3.8, 4) is 5.75 Å². The van der Waals surface area contributed by atoms with Crippen molar-refractivity contribution in [2.45, 2.75) is 31.9 Å². The highest BCUT2D eigenvalue weighted by Crippen LogP contribution is 2.40. The summed E-state index contributed by atoms with van der Waals surface area (Å²) >= 11 is 0. The van der Waals surface area contributed by atoms with Crippen LogP contribution in [0.2, 0.25) is 0 Å². The zero-order chi connectivity index (χ0) is 21.0. The second kappa shape index (κ2) is 11.6. The third kappa shape index (κ3) is 5.57. The number of rotatable bonds is 6. The molecule has 0 unspecified atom stereocenters. The number of hydrogen-bond donors (Lipinski definition) is 1. The molecule has 0 saturated carbocycles. The van der Waals surface area contributed by atoms with Crippen molar-refractivity contribution in [1.29, 1.82) is 0 Å². The number of anilines is 3. The van der Waals surface area contributed by atoms with Gasteiger partial charge in [-0.25, -0.2) is 0 Å². The molecular formula is C27H33Cl2N3O. The second-order valence-electron chi connectivity index (χ2n) is 8.53. The number of ether oxygens (including phenoxy) is 1. The number of likely N-dealkylation sites (tertiary alicyclic amines) is 1. The number of hydrogen-bond acceptors (Lipinski definition) is 4. The first-order chi connectivity index (χ1) is 15.3. The van der Waals surface area contributed by atoms with Gasteiger partial charge in [-0.15, -0.1) is 24.8 Å². The first-order valence-electron chi connectivity index (χ1n) is 11.4. The summed E-state index contributed by atoms with van der Waals surface area (Å²) in [5.41, 5.74) is 6.30. The topological polar surface area (TPSA) is 27.7 Å². The van der Waals surface area contributed by atoms with Crippen LogP contribution in [0.4, 0.5) is 17.1 Å². The Kier molecular flexibility index (Phi) is 8.90. The molecule has 4 nitrogen and oxygen atoms in total. The largest absolute Gasteiger partial charge is 0.487 e. The van der Waals surface area contributed by atoms with Gasteiger partial charge in [-0.3, -0.25) is 4.90 Å². The Bertz CT molecular complexity index is 998. The molecule has 0 amide bonds. The standard InChI is InChI=1S/C27H31N3O.2ClH/c1-28-23-10-6-8-21(18-23)15-17-29-16-7-11-24(29)19-30-25-12-3-2-9-22(25)20-31-27-14-5-4-13-26(27)30;;/h2-6,8-10,12-14,18,24,28H,7,11,15-17,19-20H2,1H3;2*1H/t24-;;/m1../s1. The molecule has 0 radical (unpaired) electrons. The molecule has 3 aromatic rings. The quantitative estimate of drug-likeness (QED) is 0.442. The lowest BCUT2D eigenvalue weighted by Gasteiger charge is -2.32. The minimum atomic E-state index is 0. The van der Waals surface area contributed by atoms with E-state index in [2.05, 4.69) is 87.9 Å². The van der Waals surface area contributed by atoms with Crippen LogP contribution in [0.15, 0.2) is 72.8 Å². The van der Waals surface area contributed by atoms with E-state index in [1.54, 1.807) is 0 Å². The van der Waals surface area contributed by atoms with Crippen LogP contribution in [-0.4, -0.2) is 37.6 Å². The molecule has 6 heteroatoms. The van der Waals surface area contributed by atoms with E-state index < -0.39 is 0 Å². The van der Waals surface area contributed by atoms with Crippen LogP contribution in [0.3, 0.4) is 0 Å². The van der Waals surface area contributed by atoms with Gasteiger partial charge in [-0.2, -0.15) is 0 Å². The van der Waals surface area contributed by atoms with Crippen LogP contribution in [0.5, 0.6) is 5.75 Å². The summed E-state index contributed by atoms with van der Waals surface area (Å²) in [4.78, 5) is 5.17. The van der Waals surface area contributed by atoms with Gasteiger partial charge in [0.25, 0.3) is 0 Å². The molecule has 2 heterocycles. The van der Waals surface area contributed by atoms with Crippen LogP contribution in [0.25, 0.3) is 0 Å². The number of halogens is 2. The van der Waals surface area contributed by atoms with Gasteiger partial charge < -0.3 is 15.0 Å². The summed E-state index contributed by atoms with van der Waals surface area (Å²) in [7, 11) is 1.98. The van der Waals surface area contributed by atoms with Crippen molar-refractivity contribution < 1.29 is 4.74 Å². The third-order valence-electron chi connectivity index (χ3n) is 6.62. The lowest BCUT2D eigenvalue weighted by Crippen LogP contribution is -2.39. The molecule has 1 N–H and O–H groups in total. The molecule has 0 aliphatic carbocycles. The molecule has 0 aromatic heterocycles. The summed E-state index contributed by atoms with van der Waals surface area (Å²) in [6.45, 7) is 3.91. The third-order valence-corrected chi connectivity index (χ3v) is 6.62. The van der Waals surface area contributed by atoms with Crippen LogP contribution in [-0.2, 0) is 13.0 Å². The van der Waals surface area contributed by atoms with Crippen molar-refractivity contribution in [3.63, 3.8) is 0 Å². The molecule has 33 heavy (non-hydrogen) atoms. The predicted octanol–water partition coefficient (Wildman–Crippen LogP) is 6.31. The molecule has 0 spiro atoms. The predicted molar refractivity (Wildman–Crippen MR) is 143 cm³/mol. The number of fused-ring (bicyclic) bond motifs is 2. The number of benzene rings is 3. The molecule has 5 rings (SSSR count). The summed E-state index contributed by atoms with van der Waals surface area (Å²) < 4.78 is 6.16. The van der Waals surface area contributed by atoms with E-state index in [9.17, 15) is 0 Å². The van der Waals surface area contributed by atoms with Gasteiger partial charge in [-0.05, 0) is 61.7 Å². The van der Waals surface area contributed by atoms with E-state index in [4.69, 9.17) is 4.74 Å². The maximum absolute atomic E-state index is 6.16. The normalized spacial score (nSPS) is 17.0. The van der Waals surface area contributed by atoms with Gasteiger partial charge in [0.2, 0.25) is 0 Å². The fraction of sp³-hybridized carbons (Fsp3) is 0.333. The van der Waals surface area contributed by atoms with Gasteiger partial charge in [-0.1, -0.05) is 42.5 Å². The van der Waals surface area contributed by atoms with Crippen molar-refractivity contribution in [1.82, 2.24) is 4.90 Å². The Morgan fingerprint density at radius 2 is 1.73 bits per heavy atom. The minimum Gasteiger partial charge on any atom is -0.487 e. The van der Waals surface area contributed by atoms with Gasteiger partial charge in [0, 0.05) is 43.1 Å². The van der Waals surface area contributed by atoms with Crippen LogP contribution < -0.4 is 15.0 Å². The van der Waals surface area contributed by atoms with Crippen molar-refractivity contribution in [3.05, 3.63) is 83.9 Å². The van der Waals surface area contributed by atoms with Gasteiger partial charge >= 0.3 is 0 Å². The fourth-order valence-corrected chi connectivity index (χ4v) is 4.94. The second-order valence-corrected chi connectivity index (χ2v) is 8.53. The highest BCUT2D eigenvalue weighted by molar-refractivity contribution is 5.85. The van der Waals surface area contributed by atoms with E-state index in [0.717, 1.165) is 25.3 Å². The van der Waals surface area contributed by atoms with Crippen LogP contribution >= 0.6 is 24.8 Å². The summed E-state index contributed by atoms with van der Waals surface area (Å²) in [5.74, 6) is 0.979. The maximum Gasteiger partial charge on any atom is 0.143 e. The molecular weight excluding hydrogens is 453 g/mol. The van der Waals surface area contributed by atoms with E-state index >= 15 is 0 Å². The first-order valence-corrected chi connectivity index (χ1v) is 11.4. The van der Waals surface area contributed by atoms with Crippen LogP contribution in [0.1, 0.15) is 24.0 Å². The number of para-hydroxylation sites is 3. The van der Waals surface area contributed by atoms with Gasteiger partial charge in [0.15, 0.2) is 0 Å². The van der Waals surface area contributed by atoms with E-state index in [1.165, 1.54) is 47.6 Å². The van der Waals surface area contributed by atoms with E-state index in [-0.39, 0.29) is 24.8 Å². The molecule has 2 aliphatic rings. The van der Waals surface area contributed by atoms with Crippen molar-refractivity contribution in [2.75, 3.05) is 36.9 Å². The Morgan fingerprint density at radius 1 is 0.939 bits per heavy atom. The maximum atomic E-state index is 6.16. The Balaban J connectivity index is 0.00000153. The summed E-state index contributed by atoms with van der Waals surface area (Å²) in [6.07, 6.45) is 3.61. The number of nitrogens with zero attached hydrogens (tertiary/aromatic N) is 2. The summed E-state index contributed by atoms with van der Waals surface area (Å²) in [5, 5.41) is 3.25. The van der Waals surface area contributed by atoms with Crippen molar-refractivity contribution in [2.24, 2.45) is 0 Å². The lowest BCUT2D eigenvalue weighted by molar-refractivity contribution is 0.261. The molecule has 1 atom stereocenters. The van der Waals surface area contributed by atoms with E-state index in [0.29, 0.717) is 12.6 Å². The molecule has 0 bridgehead atoms. The Morgan fingerprint density at radius 3 is 2.58 bits per heavy atom. The van der Waals surface area contributed by atoms with Gasteiger partial charge in [0.05, 0.1) is 5.69 Å². The Hall–Kier alpha value is -2.40. The molecule has 2 aliphatic heterocycles. The fourth-order valence-electron chi connectivity index (χ4n) is 4.94. The lowest BCUT2D eigenvalue weighted by atomic mass is 10.1. The average Bonchev–Trinajstić information content (AvgIpc) is 3.21. The number of nitrogens with one attached hydrogen (secondary N) is 1. The molecule has 1 saturated heterocycles.